The van der Waals surface area contributed by atoms with Crippen molar-refractivity contribution in [2.24, 2.45) is 0 Å². The summed E-state index contributed by atoms with van der Waals surface area (Å²) >= 11 is 7.71. The molecule has 0 aliphatic heterocycles. The molecule has 0 fully saturated rings. The van der Waals surface area contributed by atoms with E-state index in [0.717, 1.165) is 6.42 Å². The summed E-state index contributed by atoms with van der Waals surface area (Å²) in [6, 6.07) is 10.8. The van der Waals surface area contributed by atoms with Gasteiger partial charge in [-0.2, -0.15) is 0 Å². The lowest BCUT2D eigenvalue weighted by Gasteiger charge is -2.13. The predicted octanol–water partition coefficient (Wildman–Crippen LogP) is 3.19. The van der Waals surface area contributed by atoms with Crippen molar-refractivity contribution in [1.82, 2.24) is 15.4 Å². The third-order valence-electron chi connectivity index (χ3n) is 3.54. The van der Waals surface area contributed by atoms with Gasteiger partial charge in [-0.05, 0) is 30.0 Å². The first-order valence-corrected chi connectivity index (χ1v) is 9.08. The molecule has 9 heteroatoms. The third-order valence-corrected chi connectivity index (χ3v) is 4.81. The number of hydrazine groups is 1. The molecule has 26 heavy (non-hydrogen) atoms. The van der Waals surface area contributed by atoms with Crippen molar-refractivity contribution >= 4 is 46.2 Å². The summed E-state index contributed by atoms with van der Waals surface area (Å²) in [5, 5.41) is 5.58. The van der Waals surface area contributed by atoms with Gasteiger partial charge in [0, 0.05) is 11.4 Å². The summed E-state index contributed by atoms with van der Waals surface area (Å²) in [5.41, 5.74) is 12.0. The van der Waals surface area contributed by atoms with Crippen molar-refractivity contribution in [3.05, 3.63) is 63.6 Å². The number of rotatable bonds is 7. The molecular weight excluding hydrogens is 372 g/mol. The SMILES string of the molecule is Nc1c(NCCc2cccs2)ncnc1NNC(=O)c1ccccc1Cl. The van der Waals surface area contributed by atoms with Crippen LogP contribution in [-0.2, 0) is 6.42 Å². The summed E-state index contributed by atoms with van der Waals surface area (Å²) < 4.78 is 0. The van der Waals surface area contributed by atoms with E-state index >= 15 is 0 Å². The van der Waals surface area contributed by atoms with Gasteiger partial charge < -0.3 is 11.1 Å². The quantitative estimate of drug-likeness (QED) is 0.463. The maximum Gasteiger partial charge on any atom is 0.271 e. The molecule has 0 saturated heterocycles. The van der Waals surface area contributed by atoms with Gasteiger partial charge >= 0.3 is 0 Å². The molecule has 3 aromatic rings. The second kappa shape index (κ2) is 8.50. The van der Waals surface area contributed by atoms with Crippen molar-refractivity contribution in [2.75, 3.05) is 23.0 Å². The van der Waals surface area contributed by atoms with Crippen LogP contribution in [0.2, 0.25) is 5.02 Å². The zero-order valence-corrected chi connectivity index (χ0v) is 15.3. The molecule has 2 heterocycles. The smallest absolute Gasteiger partial charge is 0.271 e. The second-order valence-corrected chi connectivity index (χ2v) is 6.74. The highest BCUT2D eigenvalue weighted by Crippen LogP contribution is 2.22. The molecule has 1 amide bonds. The number of anilines is 3. The summed E-state index contributed by atoms with van der Waals surface area (Å²) in [6.07, 6.45) is 2.24. The summed E-state index contributed by atoms with van der Waals surface area (Å²) in [7, 11) is 0. The Bertz CT molecular complexity index is 887. The Hall–Kier alpha value is -2.84. The number of aromatic nitrogens is 2. The van der Waals surface area contributed by atoms with Crippen LogP contribution in [0.1, 0.15) is 15.2 Å². The Balaban J connectivity index is 1.60. The van der Waals surface area contributed by atoms with Gasteiger partial charge in [0.15, 0.2) is 11.6 Å². The number of nitrogens with zero attached hydrogens (tertiary/aromatic N) is 2. The number of nitrogens with one attached hydrogen (secondary N) is 3. The van der Waals surface area contributed by atoms with Crippen molar-refractivity contribution in [3.8, 4) is 0 Å². The number of hydrogen-bond acceptors (Lipinski definition) is 7. The standard InChI is InChI=1S/C17H17ClN6OS/c18-13-6-2-1-5-12(13)17(25)24-23-16-14(19)15(21-10-22-16)20-8-7-11-4-3-9-26-11/h1-6,9-10H,7-8,19H2,(H,24,25)(H2,20,21,22,23). The minimum Gasteiger partial charge on any atom is -0.393 e. The Morgan fingerprint density at radius 3 is 2.73 bits per heavy atom. The van der Waals surface area contributed by atoms with Crippen LogP contribution in [-0.4, -0.2) is 22.4 Å². The maximum absolute atomic E-state index is 12.2. The lowest BCUT2D eigenvalue weighted by molar-refractivity contribution is 0.0962. The Morgan fingerprint density at radius 1 is 1.15 bits per heavy atom. The lowest BCUT2D eigenvalue weighted by atomic mass is 10.2. The average molecular weight is 389 g/mol. The van der Waals surface area contributed by atoms with Gasteiger partial charge in [-0.15, -0.1) is 11.3 Å². The molecule has 7 nitrogen and oxygen atoms in total. The number of thiophene rings is 1. The number of nitrogen functional groups attached to an aromatic ring is 1. The molecule has 3 rings (SSSR count). The molecule has 134 valence electrons. The Morgan fingerprint density at radius 2 is 1.96 bits per heavy atom. The number of amides is 1. The number of carbonyl (C=O) groups excluding carboxylic acids is 1. The van der Waals surface area contributed by atoms with Crippen molar-refractivity contribution in [1.29, 1.82) is 0 Å². The van der Waals surface area contributed by atoms with Gasteiger partial charge in [0.1, 0.15) is 12.0 Å². The van der Waals surface area contributed by atoms with Crippen molar-refractivity contribution in [3.63, 3.8) is 0 Å². The van der Waals surface area contributed by atoms with Crippen molar-refractivity contribution in [2.45, 2.75) is 6.42 Å². The summed E-state index contributed by atoms with van der Waals surface area (Å²) in [5.74, 6) is 0.422. The van der Waals surface area contributed by atoms with Gasteiger partial charge in [0.25, 0.3) is 5.91 Å². The van der Waals surface area contributed by atoms with E-state index < -0.39 is 0 Å². The zero-order chi connectivity index (χ0) is 18.4. The first-order valence-electron chi connectivity index (χ1n) is 7.83. The summed E-state index contributed by atoms with van der Waals surface area (Å²) in [4.78, 5) is 21.6. The number of hydrogen-bond donors (Lipinski definition) is 4. The van der Waals surface area contributed by atoms with Gasteiger partial charge in [0.05, 0.1) is 10.6 Å². The van der Waals surface area contributed by atoms with Crippen LogP contribution in [0.4, 0.5) is 17.3 Å². The second-order valence-electron chi connectivity index (χ2n) is 5.30. The molecule has 0 atom stereocenters. The average Bonchev–Trinajstić information content (AvgIpc) is 3.16. The van der Waals surface area contributed by atoms with Crippen molar-refractivity contribution < 1.29 is 4.79 Å². The van der Waals surface area contributed by atoms with Crippen LogP contribution in [0.15, 0.2) is 48.1 Å². The highest BCUT2D eigenvalue weighted by molar-refractivity contribution is 7.09. The van der Waals surface area contributed by atoms with Gasteiger partial charge in [-0.1, -0.05) is 29.8 Å². The molecule has 0 aliphatic rings. The number of benzene rings is 1. The van der Waals surface area contributed by atoms with E-state index in [-0.39, 0.29) is 5.91 Å². The number of halogens is 1. The Labute approximate surface area is 159 Å². The first-order chi connectivity index (χ1) is 12.6. The number of carbonyl (C=O) groups is 1. The van der Waals surface area contributed by atoms with E-state index in [1.165, 1.54) is 11.2 Å². The molecule has 0 radical (unpaired) electrons. The molecular formula is C17H17ClN6OS. The minimum atomic E-state index is -0.388. The molecule has 0 bridgehead atoms. The minimum absolute atomic E-state index is 0.305. The van der Waals surface area contributed by atoms with Crippen LogP contribution in [0, 0.1) is 0 Å². The van der Waals surface area contributed by atoms with Crippen LogP contribution in [0.3, 0.4) is 0 Å². The van der Waals surface area contributed by atoms with Gasteiger partial charge in [-0.3, -0.25) is 15.6 Å². The molecule has 2 aromatic heterocycles. The third kappa shape index (κ3) is 4.41. The van der Waals surface area contributed by atoms with Crippen LogP contribution < -0.4 is 21.9 Å². The fraction of sp³-hybridized carbons (Fsp3) is 0.118. The largest absolute Gasteiger partial charge is 0.393 e. The van der Waals surface area contributed by atoms with E-state index in [2.05, 4.69) is 32.2 Å². The Kier molecular flexibility index (Phi) is 5.88. The highest BCUT2D eigenvalue weighted by atomic mass is 35.5. The van der Waals surface area contributed by atoms with Gasteiger partial charge in [-0.25, -0.2) is 9.97 Å². The number of nitrogens with two attached hydrogens (primary N) is 1. The fourth-order valence-electron chi connectivity index (χ4n) is 2.22. The van der Waals surface area contributed by atoms with E-state index in [1.54, 1.807) is 35.6 Å². The molecule has 0 aliphatic carbocycles. The lowest BCUT2D eigenvalue weighted by Crippen LogP contribution is -2.30. The van der Waals surface area contributed by atoms with E-state index in [4.69, 9.17) is 17.3 Å². The monoisotopic (exact) mass is 388 g/mol. The molecule has 1 aromatic carbocycles. The van der Waals surface area contributed by atoms with Crippen LogP contribution >= 0.6 is 22.9 Å². The molecule has 5 N–H and O–H groups in total. The summed E-state index contributed by atoms with van der Waals surface area (Å²) in [6.45, 7) is 0.688. The molecule has 0 spiro atoms. The normalized spacial score (nSPS) is 10.3. The highest BCUT2D eigenvalue weighted by Gasteiger charge is 2.12. The van der Waals surface area contributed by atoms with Gasteiger partial charge in [0.2, 0.25) is 0 Å². The zero-order valence-electron chi connectivity index (χ0n) is 13.7. The fourth-order valence-corrected chi connectivity index (χ4v) is 3.15. The maximum atomic E-state index is 12.2. The van der Waals surface area contributed by atoms with Crippen LogP contribution in [0.25, 0.3) is 0 Å². The van der Waals surface area contributed by atoms with E-state index in [1.807, 2.05) is 11.4 Å². The molecule has 0 saturated carbocycles. The van der Waals surface area contributed by atoms with E-state index in [9.17, 15) is 4.79 Å². The first kappa shape index (κ1) is 18.0. The molecule has 0 unspecified atom stereocenters. The predicted molar refractivity (Wildman–Crippen MR) is 105 cm³/mol. The van der Waals surface area contributed by atoms with Crippen LogP contribution in [0.5, 0.6) is 0 Å². The topological polar surface area (TPSA) is 105 Å². The van der Waals surface area contributed by atoms with E-state index in [0.29, 0.717) is 34.5 Å².